The van der Waals surface area contributed by atoms with Crippen LogP contribution in [0.4, 0.5) is 5.69 Å². The SMILES string of the molecule is CCCn1c(SCC(=O)Nc2ccccc2Br)nnc1-c1cccc(C)c1. The molecule has 3 aromatic rings. The lowest BCUT2D eigenvalue weighted by Gasteiger charge is -2.10. The third-order valence-electron chi connectivity index (χ3n) is 3.92. The van der Waals surface area contributed by atoms with Gasteiger partial charge in [0.15, 0.2) is 11.0 Å². The average molecular weight is 445 g/mol. The molecule has 140 valence electrons. The highest BCUT2D eigenvalue weighted by atomic mass is 79.9. The first-order chi connectivity index (χ1) is 13.1. The summed E-state index contributed by atoms with van der Waals surface area (Å²) in [4.78, 5) is 12.3. The molecule has 3 rings (SSSR count). The van der Waals surface area contributed by atoms with Crippen LogP contribution in [0.5, 0.6) is 0 Å². The van der Waals surface area contributed by atoms with Crippen LogP contribution in [0.1, 0.15) is 18.9 Å². The highest BCUT2D eigenvalue weighted by Crippen LogP contribution is 2.26. The van der Waals surface area contributed by atoms with Crippen LogP contribution in [0.25, 0.3) is 11.4 Å². The third kappa shape index (κ3) is 4.99. The normalized spacial score (nSPS) is 10.8. The van der Waals surface area contributed by atoms with Crippen molar-refractivity contribution in [1.82, 2.24) is 14.8 Å². The van der Waals surface area contributed by atoms with Crippen molar-refractivity contribution in [2.24, 2.45) is 0 Å². The van der Waals surface area contributed by atoms with E-state index in [0.29, 0.717) is 0 Å². The van der Waals surface area contributed by atoms with E-state index in [1.165, 1.54) is 17.3 Å². The highest BCUT2D eigenvalue weighted by Gasteiger charge is 2.15. The quantitative estimate of drug-likeness (QED) is 0.511. The molecule has 0 spiro atoms. The number of nitrogens with one attached hydrogen (secondary N) is 1. The second-order valence-corrected chi connectivity index (χ2v) is 7.94. The fourth-order valence-electron chi connectivity index (χ4n) is 2.70. The number of amides is 1. The summed E-state index contributed by atoms with van der Waals surface area (Å²) in [6.07, 6.45) is 0.966. The van der Waals surface area contributed by atoms with Gasteiger partial charge in [0.1, 0.15) is 0 Å². The molecule has 7 heteroatoms. The number of halogens is 1. The van der Waals surface area contributed by atoms with Gasteiger partial charge in [-0.1, -0.05) is 54.6 Å². The van der Waals surface area contributed by atoms with Crippen molar-refractivity contribution in [2.75, 3.05) is 11.1 Å². The first-order valence-corrected chi connectivity index (χ1v) is 10.5. The van der Waals surface area contributed by atoms with Gasteiger partial charge in [0.25, 0.3) is 0 Å². The predicted octanol–water partition coefficient (Wildman–Crippen LogP) is 5.16. The van der Waals surface area contributed by atoms with Crippen molar-refractivity contribution >= 4 is 39.3 Å². The van der Waals surface area contributed by atoms with Gasteiger partial charge in [0.05, 0.1) is 11.4 Å². The summed E-state index contributed by atoms with van der Waals surface area (Å²) in [5.41, 5.74) is 2.99. The molecule has 0 aliphatic heterocycles. The average Bonchev–Trinajstić information content (AvgIpc) is 3.05. The molecule has 1 N–H and O–H groups in total. The summed E-state index contributed by atoms with van der Waals surface area (Å²) in [6, 6.07) is 15.8. The van der Waals surface area contributed by atoms with E-state index in [1.807, 2.05) is 36.4 Å². The van der Waals surface area contributed by atoms with Crippen molar-refractivity contribution in [3.8, 4) is 11.4 Å². The van der Waals surface area contributed by atoms with Gasteiger partial charge < -0.3 is 9.88 Å². The number of para-hydroxylation sites is 1. The lowest BCUT2D eigenvalue weighted by molar-refractivity contribution is -0.113. The molecule has 0 fully saturated rings. The zero-order chi connectivity index (χ0) is 19.2. The van der Waals surface area contributed by atoms with E-state index >= 15 is 0 Å². The van der Waals surface area contributed by atoms with Gasteiger partial charge in [-0.2, -0.15) is 0 Å². The van der Waals surface area contributed by atoms with Gasteiger partial charge in [0, 0.05) is 16.6 Å². The molecule has 1 amide bonds. The molecular formula is C20H21BrN4OS. The van der Waals surface area contributed by atoms with Crippen LogP contribution in [0.3, 0.4) is 0 Å². The molecule has 0 saturated carbocycles. The Morgan fingerprint density at radius 2 is 2.00 bits per heavy atom. The van der Waals surface area contributed by atoms with Crippen LogP contribution in [-0.2, 0) is 11.3 Å². The molecule has 0 aliphatic carbocycles. The second-order valence-electron chi connectivity index (χ2n) is 6.14. The number of benzene rings is 2. The van der Waals surface area contributed by atoms with Gasteiger partial charge >= 0.3 is 0 Å². The van der Waals surface area contributed by atoms with Crippen LogP contribution in [0.2, 0.25) is 0 Å². The molecule has 0 aliphatic rings. The van der Waals surface area contributed by atoms with Crippen molar-refractivity contribution in [3.63, 3.8) is 0 Å². The highest BCUT2D eigenvalue weighted by molar-refractivity contribution is 9.10. The predicted molar refractivity (Wildman–Crippen MR) is 114 cm³/mol. The van der Waals surface area contributed by atoms with Crippen molar-refractivity contribution in [2.45, 2.75) is 32.0 Å². The number of thioether (sulfide) groups is 1. The van der Waals surface area contributed by atoms with Gasteiger partial charge in [-0.15, -0.1) is 10.2 Å². The van der Waals surface area contributed by atoms with E-state index in [0.717, 1.165) is 39.7 Å². The topological polar surface area (TPSA) is 59.8 Å². The molecule has 1 aromatic heterocycles. The lowest BCUT2D eigenvalue weighted by Crippen LogP contribution is -2.15. The number of nitrogens with zero attached hydrogens (tertiary/aromatic N) is 3. The number of aryl methyl sites for hydroxylation is 1. The maximum absolute atomic E-state index is 12.3. The molecule has 27 heavy (non-hydrogen) atoms. The second kappa shape index (κ2) is 9.19. The van der Waals surface area contributed by atoms with Crippen LogP contribution >= 0.6 is 27.7 Å². The summed E-state index contributed by atoms with van der Waals surface area (Å²) in [5.74, 6) is 1.04. The fourth-order valence-corrected chi connectivity index (χ4v) is 3.85. The minimum absolute atomic E-state index is 0.0740. The first-order valence-electron chi connectivity index (χ1n) is 8.76. The number of aromatic nitrogens is 3. The standard InChI is InChI=1S/C20H21BrN4OS/c1-3-11-25-19(15-8-6-7-14(2)12-15)23-24-20(25)27-13-18(26)22-17-10-5-4-9-16(17)21/h4-10,12H,3,11,13H2,1-2H3,(H,22,26). The van der Waals surface area contributed by atoms with Crippen molar-refractivity contribution < 1.29 is 4.79 Å². The molecule has 0 unspecified atom stereocenters. The van der Waals surface area contributed by atoms with Crippen LogP contribution < -0.4 is 5.32 Å². The Balaban J connectivity index is 1.73. The largest absolute Gasteiger partial charge is 0.324 e. The van der Waals surface area contributed by atoms with Crippen LogP contribution in [0, 0.1) is 6.92 Å². The zero-order valence-corrected chi connectivity index (χ0v) is 17.7. The maximum atomic E-state index is 12.3. The first kappa shape index (κ1) is 19.6. The molecule has 1 heterocycles. The van der Waals surface area contributed by atoms with Gasteiger partial charge in [-0.05, 0) is 47.5 Å². The smallest absolute Gasteiger partial charge is 0.234 e. The Morgan fingerprint density at radius 3 is 2.74 bits per heavy atom. The Bertz CT molecular complexity index is 941. The molecule has 5 nitrogen and oxygen atoms in total. The fraction of sp³-hybridized carbons (Fsp3) is 0.250. The Morgan fingerprint density at radius 1 is 1.19 bits per heavy atom. The number of hydrogen-bond acceptors (Lipinski definition) is 4. The van der Waals surface area contributed by atoms with E-state index in [1.54, 1.807) is 0 Å². The Kier molecular flexibility index (Phi) is 6.68. The van der Waals surface area contributed by atoms with Crippen molar-refractivity contribution in [1.29, 1.82) is 0 Å². The lowest BCUT2D eigenvalue weighted by atomic mass is 10.1. The molecule has 0 bridgehead atoms. The van der Waals surface area contributed by atoms with Crippen molar-refractivity contribution in [3.05, 3.63) is 58.6 Å². The number of carbonyl (C=O) groups is 1. The number of hydrogen-bond donors (Lipinski definition) is 1. The van der Waals surface area contributed by atoms with Crippen LogP contribution in [-0.4, -0.2) is 26.4 Å². The van der Waals surface area contributed by atoms with E-state index in [2.05, 4.69) is 62.0 Å². The zero-order valence-electron chi connectivity index (χ0n) is 15.3. The molecule has 0 saturated heterocycles. The van der Waals surface area contributed by atoms with E-state index in [4.69, 9.17) is 0 Å². The minimum Gasteiger partial charge on any atom is -0.324 e. The van der Waals surface area contributed by atoms with E-state index in [9.17, 15) is 4.79 Å². The van der Waals surface area contributed by atoms with Gasteiger partial charge in [-0.25, -0.2) is 0 Å². The molecule has 0 radical (unpaired) electrons. The summed E-state index contributed by atoms with van der Waals surface area (Å²) in [5, 5.41) is 12.4. The third-order valence-corrected chi connectivity index (χ3v) is 5.58. The van der Waals surface area contributed by atoms with Gasteiger partial charge in [-0.3, -0.25) is 4.79 Å². The maximum Gasteiger partial charge on any atom is 0.234 e. The Labute approximate surface area is 171 Å². The molecular weight excluding hydrogens is 424 g/mol. The molecule has 0 atom stereocenters. The summed E-state index contributed by atoms with van der Waals surface area (Å²) >= 11 is 4.84. The Hall–Kier alpha value is -2.12. The summed E-state index contributed by atoms with van der Waals surface area (Å²) < 4.78 is 2.95. The minimum atomic E-state index is -0.0740. The monoisotopic (exact) mass is 444 g/mol. The van der Waals surface area contributed by atoms with E-state index < -0.39 is 0 Å². The van der Waals surface area contributed by atoms with Gasteiger partial charge in [0.2, 0.25) is 5.91 Å². The summed E-state index contributed by atoms with van der Waals surface area (Å²) in [6.45, 7) is 4.99. The molecule has 2 aromatic carbocycles. The van der Waals surface area contributed by atoms with E-state index in [-0.39, 0.29) is 11.7 Å². The number of anilines is 1. The number of carbonyl (C=O) groups excluding carboxylic acids is 1. The van der Waals surface area contributed by atoms with Crippen LogP contribution in [0.15, 0.2) is 58.2 Å². The summed E-state index contributed by atoms with van der Waals surface area (Å²) in [7, 11) is 0. The number of rotatable bonds is 7.